The van der Waals surface area contributed by atoms with E-state index in [0.29, 0.717) is 12.8 Å². The first kappa shape index (κ1) is 9.95. The molecule has 0 spiro atoms. The summed E-state index contributed by atoms with van der Waals surface area (Å²) >= 11 is 0. The number of halogens is 2. The number of aliphatic carboxylic acids is 1. The second-order valence-electron chi connectivity index (χ2n) is 3.48. The van der Waals surface area contributed by atoms with Crippen LogP contribution in [0.25, 0.3) is 0 Å². The van der Waals surface area contributed by atoms with Gasteiger partial charge in [0.05, 0.1) is 5.69 Å². The van der Waals surface area contributed by atoms with Crippen molar-refractivity contribution in [2.24, 2.45) is 0 Å². The molecule has 80 valence electrons. The van der Waals surface area contributed by atoms with Crippen molar-refractivity contribution in [3.63, 3.8) is 0 Å². The van der Waals surface area contributed by atoms with E-state index < -0.39 is 23.5 Å². The van der Waals surface area contributed by atoms with E-state index in [1.165, 1.54) is 6.20 Å². The summed E-state index contributed by atoms with van der Waals surface area (Å²) in [7, 11) is 0. The van der Waals surface area contributed by atoms with Gasteiger partial charge in [0.1, 0.15) is 11.1 Å². The number of carboxylic acids is 1. The Kier molecular flexibility index (Phi) is 2.13. The molecule has 1 saturated carbocycles. The normalized spacial score (nSPS) is 17.8. The quantitative estimate of drug-likeness (QED) is 0.828. The van der Waals surface area contributed by atoms with Crippen LogP contribution in [0.3, 0.4) is 0 Å². The van der Waals surface area contributed by atoms with Crippen molar-refractivity contribution in [3.05, 3.63) is 23.8 Å². The standard InChI is InChI=1S/C9H8F2N2O2/c10-7(11)5-6(13-4-3-12-5)9(1-2-9)8(14)15/h3-4,7H,1-2H2,(H,14,15). The van der Waals surface area contributed by atoms with Crippen LogP contribution in [0, 0.1) is 0 Å². The number of hydrogen-bond acceptors (Lipinski definition) is 3. The number of nitrogens with zero attached hydrogens (tertiary/aromatic N) is 2. The molecule has 0 saturated heterocycles. The van der Waals surface area contributed by atoms with Gasteiger partial charge in [0.25, 0.3) is 6.43 Å². The molecule has 1 aliphatic rings. The summed E-state index contributed by atoms with van der Waals surface area (Å²) in [5.41, 5.74) is -1.83. The zero-order chi connectivity index (χ0) is 11.1. The van der Waals surface area contributed by atoms with Gasteiger partial charge in [-0.3, -0.25) is 14.8 Å². The molecular weight excluding hydrogens is 206 g/mol. The smallest absolute Gasteiger partial charge is 0.315 e. The third-order valence-electron chi connectivity index (χ3n) is 2.55. The Morgan fingerprint density at radius 1 is 1.40 bits per heavy atom. The molecule has 1 aromatic rings. The fourth-order valence-electron chi connectivity index (χ4n) is 1.55. The Morgan fingerprint density at radius 2 is 2.00 bits per heavy atom. The van der Waals surface area contributed by atoms with Gasteiger partial charge in [-0.1, -0.05) is 0 Å². The van der Waals surface area contributed by atoms with Crippen LogP contribution in [0.4, 0.5) is 8.78 Å². The van der Waals surface area contributed by atoms with Gasteiger partial charge in [-0.05, 0) is 12.8 Å². The summed E-state index contributed by atoms with van der Waals surface area (Å²) in [6.45, 7) is 0. The van der Waals surface area contributed by atoms with Crippen LogP contribution in [0.2, 0.25) is 0 Å². The largest absolute Gasteiger partial charge is 0.481 e. The van der Waals surface area contributed by atoms with E-state index in [-0.39, 0.29) is 5.69 Å². The molecule has 0 radical (unpaired) electrons. The lowest BCUT2D eigenvalue weighted by Crippen LogP contribution is -2.23. The van der Waals surface area contributed by atoms with E-state index in [4.69, 9.17) is 5.11 Å². The maximum Gasteiger partial charge on any atom is 0.315 e. The van der Waals surface area contributed by atoms with Crippen LogP contribution in [-0.4, -0.2) is 21.0 Å². The molecule has 1 aliphatic carbocycles. The fourth-order valence-corrected chi connectivity index (χ4v) is 1.55. The summed E-state index contributed by atoms with van der Waals surface area (Å²) in [5, 5.41) is 8.95. The Bertz CT molecular complexity index is 405. The zero-order valence-electron chi connectivity index (χ0n) is 7.65. The van der Waals surface area contributed by atoms with Gasteiger partial charge in [0.2, 0.25) is 0 Å². The monoisotopic (exact) mass is 214 g/mol. The molecule has 2 rings (SSSR count). The molecule has 1 fully saturated rings. The van der Waals surface area contributed by atoms with E-state index in [9.17, 15) is 13.6 Å². The van der Waals surface area contributed by atoms with Gasteiger partial charge in [0.15, 0.2) is 0 Å². The van der Waals surface area contributed by atoms with Gasteiger partial charge in [0, 0.05) is 12.4 Å². The molecule has 0 aliphatic heterocycles. The number of rotatable bonds is 3. The van der Waals surface area contributed by atoms with Crippen molar-refractivity contribution in [2.45, 2.75) is 24.7 Å². The maximum absolute atomic E-state index is 12.6. The van der Waals surface area contributed by atoms with Gasteiger partial charge < -0.3 is 5.11 Å². The average Bonchev–Trinajstić information content (AvgIpc) is 2.98. The number of carbonyl (C=O) groups is 1. The number of alkyl halides is 2. The molecular formula is C9H8F2N2O2. The lowest BCUT2D eigenvalue weighted by atomic mass is 10.0. The fraction of sp³-hybridized carbons (Fsp3) is 0.444. The second kappa shape index (κ2) is 3.22. The lowest BCUT2D eigenvalue weighted by Gasteiger charge is -2.12. The van der Waals surface area contributed by atoms with Crippen molar-refractivity contribution in [1.29, 1.82) is 0 Å². The first-order chi connectivity index (χ1) is 7.08. The first-order valence-electron chi connectivity index (χ1n) is 4.41. The molecule has 1 aromatic heterocycles. The minimum atomic E-state index is -2.79. The molecule has 0 atom stereocenters. The minimum absolute atomic E-state index is 0.0903. The zero-order valence-corrected chi connectivity index (χ0v) is 7.65. The Hall–Kier alpha value is -1.59. The van der Waals surface area contributed by atoms with Crippen molar-refractivity contribution in [2.75, 3.05) is 0 Å². The highest BCUT2D eigenvalue weighted by Gasteiger charge is 2.55. The molecule has 1 N–H and O–H groups in total. The predicted molar refractivity (Wildman–Crippen MR) is 45.5 cm³/mol. The Morgan fingerprint density at radius 3 is 2.47 bits per heavy atom. The molecule has 0 bridgehead atoms. The van der Waals surface area contributed by atoms with Crippen molar-refractivity contribution >= 4 is 5.97 Å². The van der Waals surface area contributed by atoms with Crippen molar-refractivity contribution < 1.29 is 18.7 Å². The third kappa shape index (κ3) is 1.45. The average molecular weight is 214 g/mol. The minimum Gasteiger partial charge on any atom is -0.481 e. The number of hydrogen-bond donors (Lipinski definition) is 1. The molecule has 15 heavy (non-hydrogen) atoms. The topological polar surface area (TPSA) is 63.1 Å². The summed E-state index contributed by atoms with van der Waals surface area (Å²) in [4.78, 5) is 18.2. The van der Waals surface area contributed by atoms with Crippen LogP contribution >= 0.6 is 0 Å². The molecule has 0 aromatic carbocycles. The molecule has 6 heteroatoms. The second-order valence-corrected chi connectivity index (χ2v) is 3.48. The number of aromatic nitrogens is 2. The summed E-state index contributed by atoms with van der Waals surface area (Å²) in [6, 6.07) is 0. The number of carboxylic acid groups (broad SMARTS) is 1. The van der Waals surface area contributed by atoms with Gasteiger partial charge in [-0.2, -0.15) is 0 Å². The van der Waals surface area contributed by atoms with Crippen molar-refractivity contribution in [1.82, 2.24) is 9.97 Å². The molecule has 0 unspecified atom stereocenters. The SMILES string of the molecule is O=C(O)C1(c2nccnc2C(F)F)CC1. The Labute approximate surface area is 84.0 Å². The van der Waals surface area contributed by atoms with Crippen LogP contribution < -0.4 is 0 Å². The molecule has 1 heterocycles. The van der Waals surface area contributed by atoms with E-state index in [1.807, 2.05) is 0 Å². The summed E-state index contributed by atoms with van der Waals surface area (Å²) < 4.78 is 25.1. The maximum atomic E-state index is 12.6. The van der Waals surface area contributed by atoms with Crippen LogP contribution in [0.1, 0.15) is 30.7 Å². The summed E-state index contributed by atoms with van der Waals surface area (Å²) in [5.74, 6) is -1.11. The van der Waals surface area contributed by atoms with E-state index in [2.05, 4.69) is 9.97 Å². The molecule has 0 amide bonds. The highest BCUT2D eigenvalue weighted by molar-refractivity contribution is 5.84. The van der Waals surface area contributed by atoms with E-state index in [0.717, 1.165) is 6.20 Å². The van der Waals surface area contributed by atoms with Gasteiger partial charge in [-0.15, -0.1) is 0 Å². The highest BCUT2D eigenvalue weighted by atomic mass is 19.3. The van der Waals surface area contributed by atoms with Gasteiger partial charge in [-0.25, -0.2) is 8.78 Å². The van der Waals surface area contributed by atoms with E-state index in [1.54, 1.807) is 0 Å². The molecule has 4 nitrogen and oxygen atoms in total. The first-order valence-corrected chi connectivity index (χ1v) is 4.41. The van der Waals surface area contributed by atoms with Crippen LogP contribution in [0.5, 0.6) is 0 Å². The predicted octanol–water partition coefficient (Wildman–Crippen LogP) is 1.53. The lowest BCUT2D eigenvalue weighted by molar-refractivity contribution is -0.140. The van der Waals surface area contributed by atoms with Crippen LogP contribution in [-0.2, 0) is 10.2 Å². The van der Waals surface area contributed by atoms with E-state index >= 15 is 0 Å². The summed E-state index contributed by atoms with van der Waals surface area (Å²) in [6.07, 6.45) is 0.291. The van der Waals surface area contributed by atoms with Crippen molar-refractivity contribution in [3.8, 4) is 0 Å². The Balaban J connectivity index is 2.49. The third-order valence-corrected chi connectivity index (χ3v) is 2.55. The van der Waals surface area contributed by atoms with Gasteiger partial charge >= 0.3 is 5.97 Å². The van der Waals surface area contributed by atoms with Crippen LogP contribution in [0.15, 0.2) is 12.4 Å². The highest BCUT2D eigenvalue weighted by Crippen LogP contribution is 2.49.